The topological polar surface area (TPSA) is 75.7 Å². The van der Waals surface area contributed by atoms with E-state index in [-0.39, 0.29) is 23.9 Å². The number of anilines is 1. The quantitative estimate of drug-likeness (QED) is 0.430. The van der Waals surface area contributed by atoms with Crippen molar-refractivity contribution in [2.45, 2.75) is 20.5 Å². The highest BCUT2D eigenvalue weighted by Crippen LogP contribution is 2.33. The van der Waals surface area contributed by atoms with Gasteiger partial charge in [-0.1, -0.05) is 48.5 Å². The van der Waals surface area contributed by atoms with E-state index in [1.165, 1.54) is 6.07 Å². The summed E-state index contributed by atoms with van der Waals surface area (Å²) in [6, 6.07) is 18.9. The van der Waals surface area contributed by atoms with Crippen molar-refractivity contribution in [3.8, 4) is 5.75 Å². The van der Waals surface area contributed by atoms with E-state index in [1.807, 2.05) is 32.0 Å². The third-order valence-electron chi connectivity index (χ3n) is 5.43. The Morgan fingerprint density at radius 2 is 1.74 bits per heavy atom. The number of imide groups is 1. The van der Waals surface area contributed by atoms with E-state index in [0.717, 1.165) is 27.8 Å². The second-order valence-electron chi connectivity index (χ2n) is 8.04. The maximum atomic E-state index is 13.8. The molecule has 6 nitrogen and oxygen atoms in total. The first-order valence-corrected chi connectivity index (χ1v) is 11.7. The van der Waals surface area contributed by atoms with E-state index in [9.17, 15) is 18.8 Å². The lowest BCUT2D eigenvalue weighted by Gasteiger charge is -2.15. The maximum Gasteiger partial charge on any atom is 0.294 e. The molecular weight excluding hydrogens is 467 g/mol. The van der Waals surface area contributed by atoms with Gasteiger partial charge in [-0.2, -0.15) is 0 Å². The van der Waals surface area contributed by atoms with Gasteiger partial charge >= 0.3 is 0 Å². The molecule has 3 aromatic carbocycles. The first-order chi connectivity index (χ1) is 16.8. The third kappa shape index (κ3) is 5.78. The molecule has 1 saturated heterocycles. The van der Waals surface area contributed by atoms with E-state index >= 15 is 0 Å². The number of aryl methyl sites for hydroxylation is 2. The summed E-state index contributed by atoms with van der Waals surface area (Å²) < 4.78 is 19.5. The number of amides is 3. The molecule has 1 aliphatic rings. The Hall–Kier alpha value is -3.91. The van der Waals surface area contributed by atoms with Crippen molar-refractivity contribution in [2.24, 2.45) is 0 Å². The minimum atomic E-state index is -0.533. The number of ether oxygens (including phenoxy) is 1. The van der Waals surface area contributed by atoms with E-state index < -0.39 is 17.1 Å². The summed E-state index contributed by atoms with van der Waals surface area (Å²) in [6.07, 6.45) is 1.57. The Morgan fingerprint density at radius 1 is 1.03 bits per heavy atom. The van der Waals surface area contributed by atoms with Crippen LogP contribution in [0, 0.1) is 19.7 Å². The van der Waals surface area contributed by atoms with Crippen LogP contribution in [0.1, 0.15) is 22.3 Å². The minimum Gasteiger partial charge on any atom is -0.489 e. The SMILES string of the molecule is Cc1cccc(C)c1NC(=O)CN1C(=O)S/C(=C/c2cccc(OCc3ccccc3F)c2)C1=O. The van der Waals surface area contributed by atoms with Crippen LogP contribution in [0.2, 0.25) is 0 Å². The molecule has 1 fully saturated rings. The van der Waals surface area contributed by atoms with Crippen molar-refractivity contribution in [1.82, 2.24) is 4.90 Å². The summed E-state index contributed by atoms with van der Waals surface area (Å²) in [7, 11) is 0. The molecular formula is C27H23FN2O4S. The number of benzene rings is 3. The van der Waals surface area contributed by atoms with Gasteiger partial charge in [0.25, 0.3) is 11.1 Å². The van der Waals surface area contributed by atoms with Gasteiger partial charge in [0, 0.05) is 11.3 Å². The molecule has 0 aliphatic carbocycles. The van der Waals surface area contributed by atoms with Gasteiger partial charge in [-0.15, -0.1) is 0 Å². The second kappa shape index (κ2) is 10.6. The molecule has 1 heterocycles. The van der Waals surface area contributed by atoms with E-state index in [0.29, 0.717) is 22.6 Å². The van der Waals surface area contributed by atoms with Crippen molar-refractivity contribution in [2.75, 3.05) is 11.9 Å². The lowest BCUT2D eigenvalue weighted by Crippen LogP contribution is -2.36. The standard InChI is InChI=1S/C27H23FN2O4S/c1-17-7-5-8-18(2)25(17)29-24(31)15-30-26(32)23(35-27(30)33)14-19-9-6-11-21(13-19)34-16-20-10-3-4-12-22(20)28/h3-14H,15-16H2,1-2H3,(H,29,31)/b23-14+. The number of halogens is 1. The molecule has 0 atom stereocenters. The first-order valence-electron chi connectivity index (χ1n) is 10.9. The monoisotopic (exact) mass is 490 g/mol. The summed E-state index contributed by atoms with van der Waals surface area (Å²) in [5.74, 6) is -0.836. The van der Waals surface area contributed by atoms with E-state index in [4.69, 9.17) is 4.74 Å². The predicted octanol–water partition coefficient (Wildman–Crippen LogP) is 5.70. The number of carbonyl (C=O) groups is 3. The number of thioether (sulfide) groups is 1. The molecule has 0 radical (unpaired) electrons. The van der Waals surface area contributed by atoms with Crippen LogP contribution in [0.4, 0.5) is 14.9 Å². The molecule has 4 rings (SSSR count). The summed E-state index contributed by atoms with van der Waals surface area (Å²) in [5, 5.41) is 2.28. The molecule has 0 bridgehead atoms. The predicted molar refractivity (Wildman–Crippen MR) is 134 cm³/mol. The Bertz CT molecular complexity index is 1320. The third-order valence-corrected chi connectivity index (χ3v) is 6.34. The molecule has 8 heteroatoms. The Morgan fingerprint density at radius 3 is 2.49 bits per heavy atom. The number of nitrogens with one attached hydrogen (secondary N) is 1. The number of carbonyl (C=O) groups excluding carboxylic acids is 3. The molecule has 1 aliphatic heterocycles. The molecule has 1 N–H and O–H groups in total. The summed E-state index contributed by atoms with van der Waals surface area (Å²) >= 11 is 0.777. The lowest BCUT2D eigenvalue weighted by atomic mass is 10.1. The van der Waals surface area contributed by atoms with Crippen LogP contribution >= 0.6 is 11.8 Å². The molecule has 3 amide bonds. The average Bonchev–Trinajstić information content (AvgIpc) is 3.08. The van der Waals surface area contributed by atoms with Crippen LogP contribution in [0.25, 0.3) is 6.08 Å². The molecule has 0 spiro atoms. The number of rotatable bonds is 7. The van der Waals surface area contributed by atoms with Gasteiger partial charge in [0.2, 0.25) is 5.91 Å². The summed E-state index contributed by atoms with van der Waals surface area (Å²) in [6.45, 7) is 3.43. The Labute approximate surface area is 206 Å². The van der Waals surface area contributed by atoms with Crippen molar-refractivity contribution >= 4 is 40.6 Å². The fraction of sp³-hybridized carbons (Fsp3) is 0.148. The smallest absolute Gasteiger partial charge is 0.294 e. The number of hydrogen-bond donors (Lipinski definition) is 1. The first kappa shape index (κ1) is 24.2. The van der Waals surface area contributed by atoms with Crippen LogP contribution in [0.15, 0.2) is 71.6 Å². The van der Waals surface area contributed by atoms with Gasteiger partial charge in [-0.05, 0) is 66.6 Å². The van der Waals surface area contributed by atoms with Gasteiger partial charge in [-0.3, -0.25) is 19.3 Å². The molecule has 3 aromatic rings. The average molecular weight is 491 g/mol. The van der Waals surface area contributed by atoms with Gasteiger partial charge < -0.3 is 10.1 Å². The highest BCUT2D eigenvalue weighted by Gasteiger charge is 2.36. The minimum absolute atomic E-state index is 0.0577. The number of para-hydroxylation sites is 1. The summed E-state index contributed by atoms with van der Waals surface area (Å²) in [4.78, 5) is 39.0. The normalized spacial score (nSPS) is 14.5. The van der Waals surface area contributed by atoms with Gasteiger partial charge in [-0.25, -0.2) is 4.39 Å². The van der Waals surface area contributed by atoms with Gasteiger partial charge in [0.1, 0.15) is 24.7 Å². The van der Waals surface area contributed by atoms with E-state index in [1.54, 1.807) is 48.5 Å². The zero-order chi connectivity index (χ0) is 24.9. The van der Waals surface area contributed by atoms with E-state index in [2.05, 4.69) is 5.32 Å². The van der Waals surface area contributed by atoms with Crippen molar-refractivity contribution in [3.05, 3.63) is 99.7 Å². The van der Waals surface area contributed by atoms with Gasteiger partial charge in [0.05, 0.1) is 4.91 Å². The zero-order valence-corrected chi connectivity index (χ0v) is 20.0. The van der Waals surface area contributed by atoms with Crippen LogP contribution in [0.5, 0.6) is 5.75 Å². The molecule has 35 heavy (non-hydrogen) atoms. The molecule has 0 unspecified atom stereocenters. The van der Waals surface area contributed by atoms with Crippen molar-refractivity contribution < 1.29 is 23.5 Å². The van der Waals surface area contributed by atoms with Crippen LogP contribution < -0.4 is 10.1 Å². The second-order valence-corrected chi connectivity index (χ2v) is 9.03. The fourth-order valence-corrected chi connectivity index (χ4v) is 4.43. The molecule has 178 valence electrons. The van der Waals surface area contributed by atoms with Crippen LogP contribution in [0.3, 0.4) is 0 Å². The Balaban J connectivity index is 1.42. The van der Waals surface area contributed by atoms with Gasteiger partial charge in [0.15, 0.2) is 0 Å². The fourth-order valence-electron chi connectivity index (χ4n) is 3.59. The highest BCUT2D eigenvalue weighted by molar-refractivity contribution is 8.18. The zero-order valence-electron chi connectivity index (χ0n) is 19.2. The summed E-state index contributed by atoms with van der Waals surface area (Å²) in [5.41, 5.74) is 3.53. The number of nitrogens with zero attached hydrogens (tertiary/aromatic N) is 1. The van der Waals surface area contributed by atoms with Crippen molar-refractivity contribution in [3.63, 3.8) is 0 Å². The lowest BCUT2D eigenvalue weighted by molar-refractivity contribution is -0.127. The largest absolute Gasteiger partial charge is 0.489 e. The van der Waals surface area contributed by atoms with Crippen molar-refractivity contribution in [1.29, 1.82) is 0 Å². The molecule has 0 saturated carbocycles. The highest BCUT2D eigenvalue weighted by atomic mass is 32.2. The van der Waals surface area contributed by atoms with Crippen LogP contribution in [-0.4, -0.2) is 28.5 Å². The number of hydrogen-bond acceptors (Lipinski definition) is 5. The van der Waals surface area contributed by atoms with Crippen LogP contribution in [-0.2, 0) is 16.2 Å². The molecule has 0 aromatic heterocycles. The maximum absolute atomic E-state index is 13.8. The Kier molecular flexibility index (Phi) is 7.31.